The number of rotatable bonds is 9. The van der Waals surface area contributed by atoms with Crippen LogP contribution in [0.25, 0.3) is 0 Å². The highest BCUT2D eigenvalue weighted by atomic mass is 32.2. The molecule has 3 aromatic carbocycles. The number of methoxy groups -OCH3 is 2. The molecule has 3 rings (SSSR count). The van der Waals surface area contributed by atoms with Crippen LogP contribution in [0.5, 0.6) is 11.5 Å². The second kappa shape index (κ2) is 10.4. The lowest BCUT2D eigenvalue weighted by Gasteiger charge is -2.26. The third-order valence-electron chi connectivity index (χ3n) is 4.95. The smallest absolute Gasteiger partial charge is 0.253 e. The van der Waals surface area contributed by atoms with E-state index in [2.05, 4.69) is 5.32 Å². The van der Waals surface area contributed by atoms with E-state index >= 15 is 0 Å². The molecule has 0 bridgehead atoms. The third-order valence-corrected chi connectivity index (χ3v) is 6.08. The van der Waals surface area contributed by atoms with Gasteiger partial charge in [-0.3, -0.25) is 9.10 Å². The summed E-state index contributed by atoms with van der Waals surface area (Å²) in [5.74, 6) is -0.334. The van der Waals surface area contributed by atoms with Crippen LogP contribution >= 0.6 is 0 Å². The Morgan fingerprint density at radius 1 is 0.939 bits per heavy atom. The standard InChI is InChI=1S/C24H25FN2O5S/c1-31-22-13-20(24(28)26-15-17-9-11-19(25)12-10-17)21(14-23(22)32-2)27(33(3,29)30)16-18-7-5-4-6-8-18/h4-14H,15-16H2,1-3H3,(H,26,28). The number of ether oxygens (including phenoxy) is 2. The zero-order valence-corrected chi connectivity index (χ0v) is 19.4. The van der Waals surface area contributed by atoms with Gasteiger partial charge in [0.15, 0.2) is 11.5 Å². The molecule has 9 heteroatoms. The Morgan fingerprint density at radius 3 is 2.12 bits per heavy atom. The number of hydrogen-bond donors (Lipinski definition) is 1. The molecule has 1 N–H and O–H groups in total. The Labute approximate surface area is 192 Å². The van der Waals surface area contributed by atoms with E-state index < -0.39 is 15.9 Å². The molecule has 0 fully saturated rings. The van der Waals surface area contributed by atoms with Gasteiger partial charge in [-0.2, -0.15) is 0 Å². The summed E-state index contributed by atoms with van der Waals surface area (Å²) >= 11 is 0. The summed E-state index contributed by atoms with van der Waals surface area (Å²) in [5.41, 5.74) is 1.68. The molecule has 0 aliphatic carbocycles. The minimum atomic E-state index is -3.77. The first-order valence-electron chi connectivity index (χ1n) is 10.0. The fraction of sp³-hybridized carbons (Fsp3) is 0.208. The van der Waals surface area contributed by atoms with Crippen LogP contribution in [0.15, 0.2) is 66.7 Å². The summed E-state index contributed by atoms with van der Waals surface area (Å²) in [6, 6.07) is 17.7. The summed E-state index contributed by atoms with van der Waals surface area (Å²) in [6.45, 7) is 0.151. The number of amides is 1. The van der Waals surface area contributed by atoms with Gasteiger partial charge < -0.3 is 14.8 Å². The van der Waals surface area contributed by atoms with Crippen molar-refractivity contribution in [2.24, 2.45) is 0 Å². The molecule has 0 unspecified atom stereocenters. The molecule has 0 radical (unpaired) electrons. The first-order valence-corrected chi connectivity index (χ1v) is 11.9. The van der Waals surface area contributed by atoms with Gasteiger partial charge in [-0.15, -0.1) is 0 Å². The number of carbonyl (C=O) groups excluding carboxylic acids is 1. The van der Waals surface area contributed by atoms with Crippen molar-refractivity contribution < 1.29 is 27.1 Å². The molecular formula is C24H25FN2O5S. The summed E-state index contributed by atoms with van der Waals surface area (Å²) in [5, 5.41) is 2.75. The van der Waals surface area contributed by atoms with Gasteiger partial charge in [-0.05, 0) is 29.3 Å². The summed E-state index contributed by atoms with van der Waals surface area (Å²) in [6.07, 6.45) is 1.08. The average molecular weight is 473 g/mol. The highest BCUT2D eigenvalue weighted by Gasteiger charge is 2.26. The number of nitrogens with one attached hydrogen (secondary N) is 1. The molecule has 0 saturated carbocycles. The number of hydrogen-bond acceptors (Lipinski definition) is 5. The fourth-order valence-electron chi connectivity index (χ4n) is 3.27. The van der Waals surface area contributed by atoms with E-state index in [1.54, 1.807) is 36.4 Å². The maximum Gasteiger partial charge on any atom is 0.253 e. The van der Waals surface area contributed by atoms with E-state index in [0.29, 0.717) is 5.56 Å². The van der Waals surface area contributed by atoms with Crippen molar-refractivity contribution in [1.29, 1.82) is 0 Å². The molecule has 3 aromatic rings. The van der Waals surface area contributed by atoms with E-state index in [1.807, 2.05) is 6.07 Å². The quantitative estimate of drug-likeness (QED) is 0.513. The van der Waals surface area contributed by atoms with Crippen LogP contribution in [0.4, 0.5) is 10.1 Å². The predicted octanol–water partition coefficient (Wildman–Crippen LogP) is 3.74. The Balaban J connectivity index is 2.03. The maximum atomic E-state index is 13.2. The van der Waals surface area contributed by atoms with Gasteiger partial charge in [-0.1, -0.05) is 42.5 Å². The normalized spacial score (nSPS) is 11.0. The summed E-state index contributed by atoms with van der Waals surface area (Å²) < 4.78 is 50.5. The van der Waals surface area contributed by atoms with Crippen molar-refractivity contribution in [1.82, 2.24) is 5.32 Å². The molecule has 0 atom stereocenters. The SMILES string of the molecule is COc1cc(C(=O)NCc2ccc(F)cc2)c(N(Cc2ccccc2)S(C)(=O)=O)cc1OC. The molecule has 0 aliphatic heterocycles. The minimum Gasteiger partial charge on any atom is -0.493 e. The van der Waals surface area contributed by atoms with Crippen molar-refractivity contribution in [3.8, 4) is 11.5 Å². The second-order valence-electron chi connectivity index (χ2n) is 7.29. The van der Waals surface area contributed by atoms with E-state index in [4.69, 9.17) is 9.47 Å². The van der Waals surface area contributed by atoms with Gasteiger partial charge in [0.2, 0.25) is 10.0 Å². The highest BCUT2D eigenvalue weighted by molar-refractivity contribution is 7.92. The first-order chi connectivity index (χ1) is 15.7. The maximum absolute atomic E-state index is 13.2. The lowest BCUT2D eigenvalue weighted by atomic mass is 10.1. The van der Waals surface area contributed by atoms with Gasteiger partial charge in [-0.25, -0.2) is 12.8 Å². The monoisotopic (exact) mass is 472 g/mol. The lowest BCUT2D eigenvalue weighted by molar-refractivity contribution is 0.0951. The number of nitrogens with zero attached hydrogens (tertiary/aromatic N) is 1. The zero-order chi connectivity index (χ0) is 24.0. The highest BCUT2D eigenvalue weighted by Crippen LogP contribution is 2.37. The van der Waals surface area contributed by atoms with Crippen LogP contribution < -0.4 is 19.1 Å². The number of halogens is 1. The van der Waals surface area contributed by atoms with Gasteiger partial charge in [0, 0.05) is 12.6 Å². The van der Waals surface area contributed by atoms with Crippen molar-refractivity contribution in [3.05, 3.63) is 89.2 Å². The van der Waals surface area contributed by atoms with E-state index in [-0.39, 0.29) is 41.7 Å². The fourth-order valence-corrected chi connectivity index (χ4v) is 4.16. The van der Waals surface area contributed by atoms with Crippen molar-refractivity contribution in [2.45, 2.75) is 13.1 Å². The summed E-state index contributed by atoms with van der Waals surface area (Å²) in [7, 11) is -0.918. The van der Waals surface area contributed by atoms with Gasteiger partial charge in [0.1, 0.15) is 5.82 Å². The molecule has 7 nitrogen and oxygen atoms in total. The predicted molar refractivity (Wildman–Crippen MR) is 125 cm³/mol. The molecule has 1 amide bonds. The number of benzene rings is 3. The van der Waals surface area contributed by atoms with E-state index in [0.717, 1.165) is 16.1 Å². The topological polar surface area (TPSA) is 84.9 Å². The van der Waals surface area contributed by atoms with Crippen molar-refractivity contribution >= 4 is 21.6 Å². The molecule has 0 aliphatic rings. The third kappa shape index (κ3) is 6.01. The summed E-state index contributed by atoms with van der Waals surface area (Å²) in [4.78, 5) is 13.2. The van der Waals surface area contributed by atoms with Crippen LogP contribution in [-0.4, -0.2) is 34.8 Å². The Kier molecular flexibility index (Phi) is 7.55. The van der Waals surface area contributed by atoms with E-state index in [1.165, 1.54) is 38.5 Å². The van der Waals surface area contributed by atoms with Crippen LogP contribution in [0.3, 0.4) is 0 Å². The molecule has 0 spiro atoms. The zero-order valence-electron chi connectivity index (χ0n) is 18.5. The van der Waals surface area contributed by atoms with Crippen LogP contribution in [0, 0.1) is 5.82 Å². The van der Waals surface area contributed by atoms with Gasteiger partial charge in [0.25, 0.3) is 5.91 Å². The minimum absolute atomic E-state index is 0.0212. The van der Waals surface area contributed by atoms with Crippen LogP contribution in [0.1, 0.15) is 21.5 Å². The van der Waals surface area contributed by atoms with Crippen molar-refractivity contribution in [3.63, 3.8) is 0 Å². The molecule has 174 valence electrons. The molecule has 0 saturated heterocycles. The molecule has 33 heavy (non-hydrogen) atoms. The van der Waals surface area contributed by atoms with Crippen LogP contribution in [0.2, 0.25) is 0 Å². The van der Waals surface area contributed by atoms with Crippen LogP contribution in [-0.2, 0) is 23.1 Å². The Bertz CT molecular complexity index is 1220. The number of carbonyl (C=O) groups is 1. The first kappa shape index (κ1) is 24.1. The number of anilines is 1. The second-order valence-corrected chi connectivity index (χ2v) is 9.20. The lowest BCUT2D eigenvalue weighted by Crippen LogP contribution is -2.32. The van der Waals surface area contributed by atoms with E-state index in [9.17, 15) is 17.6 Å². The largest absolute Gasteiger partial charge is 0.493 e. The van der Waals surface area contributed by atoms with Gasteiger partial charge >= 0.3 is 0 Å². The molecule has 0 heterocycles. The Morgan fingerprint density at radius 2 is 1.55 bits per heavy atom. The molecule has 0 aromatic heterocycles. The Hall–Kier alpha value is -3.59. The van der Waals surface area contributed by atoms with Crippen molar-refractivity contribution in [2.75, 3.05) is 24.8 Å². The average Bonchev–Trinajstić information content (AvgIpc) is 2.81. The van der Waals surface area contributed by atoms with Gasteiger partial charge in [0.05, 0.1) is 38.3 Å². The number of sulfonamides is 1. The molecular weight excluding hydrogens is 447 g/mol.